The van der Waals surface area contributed by atoms with Gasteiger partial charge in [0.15, 0.2) is 17.5 Å². The van der Waals surface area contributed by atoms with Crippen LogP contribution in [-0.2, 0) is 0 Å². The number of nitrogens with zero attached hydrogens (tertiary/aromatic N) is 3. The Bertz CT molecular complexity index is 3690. The summed E-state index contributed by atoms with van der Waals surface area (Å²) in [5.74, 6) is 1.83. The lowest BCUT2D eigenvalue weighted by Crippen LogP contribution is -2.30. The molecule has 316 valence electrons. The zero-order valence-corrected chi connectivity index (χ0v) is 37.1. The molecule has 0 fully saturated rings. The second-order valence-electron chi connectivity index (χ2n) is 16.7. The number of aromatic nitrogens is 3. The van der Waals surface area contributed by atoms with Crippen molar-refractivity contribution in [2.75, 3.05) is 0 Å². The Morgan fingerprint density at radius 2 is 0.761 bits per heavy atom. The maximum atomic E-state index is 12.7. The highest BCUT2D eigenvalue weighted by molar-refractivity contribution is 7.91. The van der Waals surface area contributed by atoms with E-state index >= 15 is 0 Å². The Hall–Kier alpha value is -8.34. The molecule has 10 aromatic carbocycles. The number of benzene rings is 10. The first-order valence-corrected chi connectivity index (χ1v) is 24.1. The minimum Gasteiger partial charge on any atom is -0.455 e. The molecule has 0 saturated carbocycles. The topological polar surface area (TPSA) is 72.0 Å². The SMILES string of the molecule is O[P+](c1ccccc1)(c1ccccc1)c1ccc(-c2cc3c(oc4cccc(-c5ccc(-c6nc(-c7ccccc7)nc(-c7cccc(-c8ccccc8)c7)n6)cc5)c43)c3ccccc23)cc1. The van der Waals surface area contributed by atoms with Crippen molar-refractivity contribution in [1.82, 2.24) is 15.0 Å². The van der Waals surface area contributed by atoms with Crippen LogP contribution in [0.15, 0.2) is 247 Å². The predicted molar refractivity (Wildman–Crippen MR) is 278 cm³/mol. The van der Waals surface area contributed by atoms with E-state index < -0.39 is 7.49 Å². The van der Waals surface area contributed by atoms with Crippen LogP contribution in [0.3, 0.4) is 0 Å². The number of hydrogen-bond acceptors (Lipinski definition) is 5. The molecule has 0 aliphatic heterocycles. The minimum atomic E-state index is -2.88. The first kappa shape index (κ1) is 40.2. The average Bonchev–Trinajstić information content (AvgIpc) is 3.81. The van der Waals surface area contributed by atoms with E-state index in [9.17, 15) is 4.89 Å². The maximum absolute atomic E-state index is 12.7. The Labute approximate surface area is 388 Å². The molecule has 1 N–H and O–H groups in total. The molecule has 6 heteroatoms. The molecule has 0 aliphatic carbocycles. The molecule has 0 saturated heterocycles. The summed E-state index contributed by atoms with van der Waals surface area (Å²) in [7, 11) is -2.88. The van der Waals surface area contributed by atoms with Gasteiger partial charge in [0.2, 0.25) is 7.49 Å². The van der Waals surface area contributed by atoms with Crippen LogP contribution >= 0.6 is 7.49 Å². The van der Waals surface area contributed by atoms with E-state index in [2.05, 4.69) is 146 Å². The Morgan fingerprint density at radius 1 is 0.313 bits per heavy atom. The fraction of sp³-hybridized carbons (Fsp3) is 0. The third-order valence-electron chi connectivity index (χ3n) is 12.7. The van der Waals surface area contributed by atoms with Crippen LogP contribution in [0.1, 0.15) is 0 Å². The van der Waals surface area contributed by atoms with Crippen LogP contribution in [0, 0.1) is 0 Å². The average molecular weight is 879 g/mol. The summed E-state index contributed by atoms with van der Waals surface area (Å²) in [4.78, 5) is 27.8. The fourth-order valence-corrected chi connectivity index (χ4v) is 12.0. The molecule has 2 heterocycles. The molecule has 0 spiro atoms. The predicted octanol–water partition coefficient (Wildman–Crippen LogP) is 14.1. The van der Waals surface area contributed by atoms with E-state index in [1.54, 1.807) is 0 Å². The Morgan fingerprint density at radius 3 is 1.40 bits per heavy atom. The van der Waals surface area contributed by atoms with E-state index in [-0.39, 0.29) is 0 Å². The molecule has 12 rings (SSSR count). The zero-order chi connectivity index (χ0) is 44.7. The van der Waals surface area contributed by atoms with Gasteiger partial charge in [0.25, 0.3) is 0 Å². The van der Waals surface area contributed by atoms with E-state index in [1.165, 1.54) is 0 Å². The first-order valence-electron chi connectivity index (χ1n) is 22.4. The number of furan rings is 1. The lowest BCUT2D eigenvalue weighted by atomic mass is 9.93. The summed E-state index contributed by atoms with van der Waals surface area (Å²) < 4.78 is 6.77. The summed E-state index contributed by atoms with van der Waals surface area (Å²) in [6, 6.07) is 82.9. The van der Waals surface area contributed by atoms with Gasteiger partial charge in [-0.2, -0.15) is 0 Å². The highest BCUT2D eigenvalue weighted by atomic mass is 31.2. The second-order valence-corrected chi connectivity index (χ2v) is 19.5. The van der Waals surface area contributed by atoms with E-state index in [4.69, 9.17) is 19.4 Å². The van der Waals surface area contributed by atoms with Crippen LogP contribution in [0.5, 0.6) is 0 Å². The quantitative estimate of drug-likeness (QED) is 0.146. The molecule has 67 heavy (non-hydrogen) atoms. The van der Waals surface area contributed by atoms with Gasteiger partial charge < -0.3 is 4.42 Å². The fourth-order valence-electron chi connectivity index (χ4n) is 9.34. The van der Waals surface area contributed by atoms with Gasteiger partial charge in [-0.3, -0.25) is 0 Å². The van der Waals surface area contributed by atoms with E-state index in [1.807, 2.05) is 97.1 Å². The molecule has 0 unspecified atom stereocenters. The van der Waals surface area contributed by atoms with Crippen LogP contribution in [0.2, 0.25) is 0 Å². The molecular weight excluding hydrogens is 838 g/mol. The van der Waals surface area contributed by atoms with Gasteiger partial charge >= 0.3 is 0 Å². The van der Waals surface area contributed by atoms with Gasteiger partial charge in [-0.1, -0.05) is 188 Å². The Balaban J connectivity index is 0.950. The van der Waals surface area contributed by atoms with Crippen molar-refractivity contribution in [3.8, 4) is 67.5 Å². The molecule has 5 nitrogen and oxygen atoms in total. The van der Waals surface area contributed by atoms with Crippen LogP contribution in [0.25, 0.3) is 100 Å². The van der Waals surface area contributed by atoms with Gasteiger partial charge in [0.05, 0.1) is 0 Å². The third-order valence-corrected chi connectivity index (χ3v) is 15.8. The first-order chi connectivity index (χ1) is 33.1. The van der Waals surface area contributed by atoms with Crippen molar-refractivity contribution in [3.63, 3.8) is 0 Å². The number of rotatable bonds is 9. The van der Waals surface area contributed by atoms with Gasteiger partial charge in [0.1, 0.15) is 27.1 Å². The monoisotopic (exact) mass is 878 g/mol. The van der Waals surface area contributed by atoms with Crippen LogP contribution in [0.4, 0.5) is 0 Å². The highest BCUT2D eigenvalue weighted by Crippen LogP contribution is 2.51. The second kappa shape index (κ2) is 16.9. The van der Waals surface area contributed by atoms with Crippen LogP contribution < -0.4 is 15.9 Å². The summed E-state index contributed by atoms with van der Waals surface area (Å²) in [5.41, 5.74) is 10.9. The standard InChI is InChI=1S/C61H41N3O2P/c65-67(48-23-9-3-10-24-48,49-25-11-4-12-26-49)50-37-35-43(36-38-50)54-40-55-57-51(29-16-30-56(57)66-58(55)53-28-14-13-27-52(53)54)42-31-33-45(34-32-42)60-62-59(44-19-7-2-8-20-44)63-61(64-60)47-22-15-21-46(39-47)41-17-5-1-6-18-41/h1-40,65H/q+1. The number of hydrogen-bond donors (Lipinski definition) is 1. The molecule has 0 bridgehead atoms. The molecule has 0 radical (unpaired) electrons. The largest absolute Gasteiger partial charge is 0.455 e. The highest BCUT2D eigenvalue weighted by Gasteiger charge is 2.44. The summed E-state index contributed by atoms with van der Waals surface area (Å²) >= 11 is 0. The van der Waals surface area contributed by atoms with Crippen molar-refractivity contribution in [2.45, 2.75) is 0 Å². The normalized spacial score (nSPS) is 11.7. The van der Waals surface area contributed by atoms with Crippen molar-refractivity contribution in [1.29, 1.82) is 0 Å². The number of fused-ring (bicyclic) bond motifs is 5. The molecule has 2 aromatic heterocycles. The van der Waals surface area contributed by atoms with E-state index in [0.29, 0.717) is 17.5 Å². The van der Waals surface area contributed by atoms with Crippen molar-refractivity contribution in [3.05, 3.63) is 243 Å². The summed E-state index contributed by atoms with van der Waals surface area (Å²) in [6.45, 7) is 0. The van der Waals surface area contributed by atoms with Gasteiger partial charge in [0, 0.05) is 32.8 Å². The molecule has 0 amide bonds. The van der Waals surface area contributed by atoms with Gasteiger partial charge in [-0.15, -0.1) is 0 Å². The molecular formula is C61H41N3O2P+. The molecule has 12 aromatic rings. The molecule has 0 atom stereocenters. The minimum absolute atomic E-state index is 0.600. The van der Waals surface area contributed by atoms with Crippen molar-refractivity contribution in [2.24, 2.45) is 0 Å². The lowest BCUT2D eigenvalue weighted by molar-refractivity contribution is 0.633. The zero-order valence-electron chi connectivity index (χ0n) is 36.2. The lowest BCUT2D eigenvalue weighted by Gasteiger charge is -2.20. The molecule has 0 aliphatic rings. The van der Waals surface area contributed by atoms with Gasteiger partial charge in [-0.25, -0.2) is 19.8 Å². The maximum Gasteiger partial charge on any atom is 0.238 e. The third kappa shape index (κ3) is 7.28. The summed E-state index contributed by atoms with van der Waals surface area (Å²) in [5, 5.41) is 6.98. The Kier molecular flexibility index (Phi) is 10.1. The van der Waals surface area contributed by atoms with Crippen LogP contribution in [-0.4, -0.2) is 19.8 Å². The van der Waals surface area contributed by atoms with Crippen molar-refractivity contribution >= 4 is 56.1 Å². The summed E-state index contributed by atoms with van der Waals surface area (Å²) in [6.07, 6.45) is 0. The van der Waals surface area contributed by atoms with Gasteiger partial charge in [-0.05, 0) is 93.4 Å². The van der Waals surface area contributed by atoms with E-state index in [0.717, 1.165) is 98.7 Å². The smallest absolute Gasteiger partial charge is 0.238 e. The van der Waals surface area contributed by atoms with Crippen molar-refractivity contribution < 1.29 is 9.31 Å².